The van der Waals surface area contributed by atoms with E-state index in [-0.39, 0.29) is 11.8 Å². The van der Waals surface area contributed by atoms with Crippen LogP contribution in [-0.4, -0.2) is 11.8 Å². The number of nitrogens with two attached hydrogens (primary N) is 1. The fourth-order valence-corrected chi connectivity index (χ4v) is 3.25. The van der Waals surface area contributed by atoms with Gasteiger partial charge in [-0.15, -0.1) is 0 Å². The van der Waals surface area contributed by atoms with Crippen LogP contribution in [0.1, 0.15) is 62.2 Å². The summed E-state index contributed by atoms with van der Waals surface area (Å²) >= 11 is 0. The van der Waals surface area contributed by atoms with Crippen LogP contribution >= 0.6 is 0 Å². The summed E-state index contributed by atoms with van der Waals surface area (Å²) in [6.45, 7) is 2.22. The molecule has 1 aromatic rings. The molecule has 1 aliphatic carbocycles. The molecule has 3 N–H and O–H groups in total. The van der Waals surface area contributed by atoms with Crippen LogP contribution in [0.15, 0.2) is 24.3 Å². The van der Waals surface area contributed by atoms with Crippen molar-refractivity contribution in [3.63, 3.8) is 0 Å². The first-order valence-corrected chi connectivity index (χ1v) is 8.31. The summed E-state index contributed by atoms with van der Waals surface area (Å²) in [6, 6.07) is 6.91. The van der Waals surface area contributed by atoms with Gasteiger partial charge in [-0.3, -0.25) is 9.59 Å². The van der Waals surface area contributed by atoms with E-state index in [0.29, 0.717) is 11.3 Å². The number of anilines is 1. The van der Waals surface area contributed by atoms with Crippen molar-refractivity contribution in [3.05, 3.63) is 29.8 Å². The van der Waals surface area contributed by atoms with Crippen LogP contribution in [0, 0.1) is 11.8 Å². The molecule has 1 aliphatic rings. The molecular weight excluding hydrogens is 276 g/mol. The highest BCUT2D eigenvalue weighted by Gasteiger charge is 2.26. The normalized spacial score (nSPS) is 21.3. The lowest BCUT2D eigenvalue weighted by Gasteiger charge is -2.27. The van der Waals surface area contributed by atoms with Gasteiger partial charge in [0.25, 0.3) is 5.91 Å². The maximum absolute atomic E-state index is 12.4. The molecular formula is C18H26N2O2. The molecule has 0 saturated heterocycles. The molecule has 2 rings (SSSR count). The largest absolute Gasteiger partial charge is 0.366 e. The number of unbranched alkanes of at least 4 members (excludes halogenated alkanes) is 1. The highest BCUT2D eigenvalue weighted by Crippen LogP contribution is 2.32. The number of rotatable bonds is 6. The molecule has 4 nitrogen and oxygen atoms in total. The second kappa shape index (κ2) is 7.97. The van der Waals surface area contributed by atoms with Gasteiger partial charge in [-0.1, -0.05) is 38.3 Å². The summed E-state index contributed by atoms with van der Waals surface area (Å²) in [4.78, 5) is 23.8. The molecule has 0 aliphatic heterocycles. The van der Waals surface area contributed by atoms with Crippen molar-refractivity contribution in [3.8, 4) is 0 Å². The Labute approximate surface area is 132 Å². The third kappa shape index (κ3) is 4.33. The molecule has 0 bridgehead atoms. The van der Waals surface area contributed by atoms with Gasteiger partial charge < -0.3 is 11.1 Å². The minimum atomic E-state index is -0.515. The highest BCUT2D eigenvalue weighted by atomic mass is 16.2. The SMILES string of the molecule is CCCCC1CCC(C(=O)Nc2ccccc2C(N)=O)CC1. The molecule has 0 unspecified atom stereocenters. The second-order valence-electron chi connectivity index (χ2n) is 6.26. The summed E-state index contributed by atoms with van der Waals surface area (Å²) in [6.07, 6.45) is 7.97. The minimum absolute atomic E-state index is 0.0163. The standard InChI is InChI=1S/C18H26N2O2/c1-2-3-6-13-9-11-14(12-10-13)18(22)20-16-8-5-4-7-15(16)17(19)21/h4-5,7-8,13-14H,2-3,6,9-12H2,1H3,(H2,19,21)(H,20,22). The summed E-state index contributed by atoms with van der Waals surface area (Å²) in [5.74, 6) is 0.336. The Morgan fingerprint density at radius 3 is 2.50 bits per heavy atom. The summed E-state index contributed by atoms with van der Waals surface area (Å²) in [7, 11) is 0. The Balaban J connectivity index is 1.90. The second-order valence-corrected chi connectivity index (χ2v) is 6.26. The molecule has 120 valence electrons. The maximum atomic E-state index is 12.4. The summed E-state index contributed by atoms with van der Waals surface area (Å²) in [5, 5.41) is 2.88. The first kappa shape index (κ1) is 16.5. The van der Waals surface area contributed by atoms with Crippen LogP contribution in [0.25, 0.3) is 0 Å². The summed E-state index contributed by atoms with van der Waals surface area (Å²) in [5.41, 5.74) is 6.23. The molecule has 0 spiro atoms. The summed E-state index contributed by atoms with van der Waals surface area (Å²) < 4.78 is 0. The number of para-hydroxylation sites is 1. The van der Waals surface area contributed by atoms with E-state index in [2.05, 4.69) is 12.2 Å². The third-order valence-corrected chi connectivity index (χ3v) is 4.63. The number of carbonyl (C=O) groups is 2. The molecule has 0 atom stereocenters. The minimum Gasteiger partial charge on any atom is -0.366 e. The van der Waals surface area contributed by atoms with Gasteiger partial charge in [0, 0.05) is 5.92 Å². The smallest absolute Gasteiger partial charge is 0.250 e. The van der Waals surface area contributed by atoms with Gasteiger partial charge in [0.05, 0.1) is 11.3 Å². The first-order valence-electron chi connectivity index (χ1n) is 8.31. The number of benzene rings is 1. The first-order chi connectivity index (χ1) is 10.6. The monoisotopic (exact) mass is 302 g/mol. The van der Waals surface area contributed by atoms with Crippen LogP contribution < -0.4 is 11.1 Å². The lowest BCUT2D eigenvalue weighted by atomic mass is 9.79. The molecule has 2 amide bonds. The van der Waals surface area contributed by atoms with Gasteiger partial charge in [-0.05, 0) is 43.7 Å². The molecule has 0 heterocycles. The quantitative estimate of drug-likeness (QED) is 0.840. The van der Waals surface area contributed by atoms with E-state index in [1.165, 1.54) is 19.3 Å². The molecule has 0 aromatic heterocycles. The van der Waals surface area contributed by atoms with Gasteiger partial charge in [-0.2, -0.15) is 0 Å². The average Bonchev–Trinajstić information content (AvgIpc) is 2.53. The number of hydrogen-bond donors (Lipinski definition) is 2. The van der Waals surface area contributed by atoms with Crippen molar-refractivity contribution in [2.75, 3.05) is 5.32 Å². The topological polar surface area (TPSA) is 72.2 Å². The van der Waals surface area contributed by atoms with Crippen LogP contribution in [0.3, 0.4) is 0 Å². The predicted molar refractivity (Wildman–Crippen MR) is 88.6 cm³/mol. The zero-order valence-corrected chi connectivity index (χ0v) is 13.3. The molecule has 1 saturated carbocycles. The maximum Gasteiger partial charge on any atom is 0.250 e. The van der Waals surface area contributed by atoms with Gasteiger partial charge in [0.2, 0.25) is 5.91 Å². The molecule has 4 heteroatoms. The van der Waals surface area contributed by atoms with Crippen molar-refractivity contribution in [2.45, 2.75) is 51.9 Å². The molecule has 1 fully saturated rings. The van der Waals surface area contributed by atoms with Crippen LogP contribution in [0.4, 0.5) is 5.69 Å². The molecule has 22 heavy (non-hydrogen) atoms. The fraction of sp³-hybridized carbons (Fsp3) is 0.556. The fourth-order valence-electron chi connectivity index (χ4n) is 3.25. The van der Waals surface area contributed by atoms with Crippen molar-refractivity contribution < 1.29 is 9.59 Å². The van der Waals surface area contributed by atoms with E-state index < -0.39 is 5.91 Å². The number of hydrogen-bond acceptors (Lipinski definition) is 2. The van der Waals surface area contributed by atoms with Crippen molar-refractivity contribution in [1.82, 2.24) is 0 Å². The number of amides is 2. The lowest BCUT2D eigenvalue weighted by molar-refractivity contribution is -0.121. The van der Waals surface area contributed by atoms with E-state index in [1.807, 2.05) is 0 Å². The van der Waals surface area contributed by atoms with Crippen LogP contribution in [0.2, 0.25) is 0 Å². The average molecular weight is 302 g/mol. The predicted octanol–water partition coefficient (Wildman–Crippen LogP) is 3.72. The Hall–Kier alpha value is -1.84. The van der Waals surface area contributed by atoms with Crippen molar-refractivity contribution in [2.24, 2.45) is 17.6 Å². The van der Waals surface area contributed by atoms with Crippen molar-refractivity contribution >= 4 is 17.5 Å². The van der Waals surface area contributed by atoms with E-state index in [1.54, 1.807) is 24.3 Å². The number of nitrogens with one attached hydrogen (secondary N) is 1. The molecule has 1 aromatic carbocycles. The number of primary amides is 1. The van der Waals surface area contributed by atoms with Crippen LogP contribution in [-0.2, 0) is 4.79 Å². The van der Waals surface area contributed by atoms with E-state index in [4.69, 9.17) is 5.73 Å². The van der Waals surface area contributed by atoms with Gasteiger partial charge in [-0.25, -0.2) is 0 Å². The lowest BCUT2D eigenvalue weighted by Crippen LogP contribution is -2.28. The van der Waals surface area contributed by atoms with E-state index >= 15 is 0 Å². The van der Waals surface area contributed by atoms with Gasteiger partial charge >= 0.3 is 0 Å². The Morgan fingerprint density at radius 1 is 1.18 bits per heavy atom. The third-order valence-electron chi connectivity index (χ3n) is 4.63. The Morgan fingerprint density at radius 2 is 1.86 bits per heavy atom. The zero-order chi connectivity index (χ0) is 15.9. The zero-order valence-electron chi connectivity index (χ0n) is 13.3. The Kier molecular flexibility index (Phi) is 5.99. The highest BCUT2D eigenvalue weighted by molar-refractivity contribution is 6.03. The molecule has 0 radical (unpaired) electrons. The van der Waals surface area contributed by atoms with Gasteiger partial charge in [0.1, 0.15) is 0 Å². The number of carbonyl (C=O) groups excluding carboxylic acids is 2. The Bertz CT molecular complexity index is 520. The van der Waals surface area contributed by atoms with E-state index in [0.717, 1.165) is 31.6 Å². The van der Waals surface area contributed by atoms with Crippen LogP contribution in [0.5, 0.6) is 0 Å². The van der Waals surface area contributed by atoms with Crippen molar-refractivity contribution in [1.29, 1.82) is 0 Å². The van der Waals surface area contributed by atoms with Gasteiger partial charge in [0.15, 0.2) is 0 Å². The van der Waals surface area contributed by atoms with E-state index in [9.17, 15) is 9.59 Å².